The average Bonchev–Trinajstić information content (AvgIpc) is 2.83. The summed E-state index contributed by atoms with van der Waals surface area (Å²) in [5, 5.41) is 12.2. The summed E-state index contributed by atoms with van der Waals surface area (Å²) in [7, 11) is 1.29. The molecule has 6 nitrogen and oxygen atoms in total. The standard InChI is InChI=1S/C26H20Br2N2O4/c1-16-3-5-17(6-4-16)15-34-24-22(27)12-18(13-23(24)28)11-20(14-29)25(31)30-21-9-7-19(8-10-21)26(32)33-2/h3-13H,15H2,1-2H3,(H,30,31)/b20-11+. The van der Waals surface area contributed by atoms with E-state index in [-0.39, 0.29) is 5.57 Å². The Hall–Kier alpha value is -3.41. The van der Waals surface area contributed by atoms with Crippen molar-refractivity contribution in [3.8, 4) is 11.8 Å². The van der Waals surface area contributed by atoms with Gasteiger partial charge >= 0.3 is 5.97 Å². The summed E-state index contributed by atoms with van der Waals surface area (Å²) >= 11 is 7.01. The molecular weight excluding hydrogens is 564 g/mol. The molecule has 0 spiro atoms. The number of amides is 1. The number of aryl methyl sites for hydroxylation is 1. The van der Waals surface area contributed by atoms with Crippen LogP contribution in [0.4, 0.5) is 5.69 Å². The summed E-state index contributed by atoms with van der Waals surface area (Å²) in [5.74, 6) is -0.426. The van der Waals surface area contributed by atoms with E-state index in [1.165, 1.54) is 30.9 Å². The molecule has 3 aromatic rings. The van der Waals surface area contributed by atoms with Crippen LogP contribution in [0.1, 0.15) is 27.0 Å². The molecule has 0 aromatic heterocycles. The van der Waals surface area contributed by atoms with Crippen molar-refractivity contribution in [2.24, 2.45) is 0 Å². The van der Waals surface area contributed by atoms with E-state index in [4.69, 9.17) is 4.74 Å². The van der Waals surface area contributed by atoms with E-state index >= 15 is 0 Å². The fraction of sp³-hybridized carbons (Fsp3) is 0.115. The van der Waals surface area contributed by atoms with Crippen LogP contribution in [0.15, 0.2) is 75.2 Å². The maximum Gasteiger partial charge on any atom is 0.337 e. The van der Waals surface area contributed by atoms with Crippen LogP contribution in [0.5, 0.6) is 5.75 Å². The number of hydrogen-bond donors (Lipinski definition) is 1. The highest BCUT2D eigenvalue weighted by atomic mass is 79.9. The van der Waals surface area contributed by atoms with Crippen LogP contribution in [0.3, 0.4) is 0 Å². The molecule has 3 rings (SSSR count). The smallest absolute Gasteiger partial charge is 0.337 e. The van der Waals surface area contributed by atoms with Crippen LogP contribution in [0, 0.1) is 18.3 Å². The number of halogens is 2. The number of carbonyl (C=O) groups excluding carboxylic acids is 2. The summed E-state index contributed by atoms with van der Waals surface area (Å²) in [6, 6.07) is 19.7. The number of hydrogen-bond acceptors (Lipinski definition) is 5. The van der Waals surface area contributed by atoms with Gasteiger partial charge in [-0.15, -0.1) is 0 Å². The van der Waals surface area contributed by atoms with E-state index in [1.807, 2.05) is 37.3 Å². The van der Waals surface area contributed by atoms with E-state index in [0.29, 0.717) is 38.1 Å². The third-order valence-corrected chi connectivity index (χ3v) is 5.94. The molecule has 0 fully saturated rings. The molecule has 8 heteroatoms. The molecule has 0 aliphatic carbocycles. The average molecular weight is 584 g/mol. The summed E-state index contributed by atoms with van der Waals surface area (Å²) < 4.78 is 12.0. The van der Waals surface area contributed by atoms with E-state index in [9.17, 15) is 14.9 Å². The highest BCUT2D eigenvalue weighted by Crippen LogP contribution is 2.36. The third-order valence-electron chi connectivity index (χ3n) is 4.76. The quantitative estimate of drug-likeness (QED) is 0.197. The maximum absolute atomic E-state index is 12.6. The lowest BCUT2D eigenvalue weighted by Crippen LogP contribution is -2.13. The number of ether oxygens (including phenoxy) is 2. The fourth-order valence-electron chi connectivity index (χ4n) is 2.96. The number of benzene rings is 3. The van der Waals surface area contributed by atoms with Gasteiger partial charge in [-0.05, 0) is 92.4 Å². The monoisotopic (exact) mass is 582 g/mol. The minimum atomic E-state index is -0.569. The molecule has 0 bridgehead atoms. The largest absolute Gasteiger partial charge is 0.487 e. The Kier molecular flexibility index (Phi) is 8.63. The highest BCUT2D eigenvalue weighted by Gasteiger charge is 2.13. The molecule has 0 saturated heterocycles. The van der Waals surface area contributed by atoms with Crippen molar-refractivity contribution in [1.82, 2.24) is 0 Å². The number of nitrogens with one attached hydrogen (secondary N) is 1. The summed E-state index contributed by atoms with van der Waals surface area (Å²) in [6.07, 6.45) is 1.48. The normalized spacial score (nSPS) is 10.9. The van der Waals surface area contributed by atoms with Crippen molar-refractivity contribution in [2.75, 3.05) is 12.4 Å². The van der Waals surface area contributed by atoms with Crippen molar-refractivity contribution < 1.29 is 19.1 Å². The lowest BCUT2D eigenvalue weighted by Gasteiger charge is -2.12. The Labute approximate surface area is 214 Å². The van der Waals surface area contributed by atoms with E-state index in [1.54, 1.807) is 24.3 Å². The second-order valence-corrected chi connectivity index (χ2v) is 8.99. The Morgan fingerprint density at radius 2 is 1.65 bits per heavy atom. The lowest BCUT2D eigenvalue weighted by molar-refractivity contribution is -0.112. The van der Waals surface area contributed by atoms with Gasteiger partial charge in [-0.2, -0.15) is 5.26 Å². The van der Waals surface area contributed by atoms with E-state index in [0.717, 1.165) is 5.56 Å². The fourth-order valence-corrected chi connectivity index (χ4v) is 4.41. The number of anilines is 1. The predicted octanol–water partition coefficient (Wildman–Crippen LogP) is 6.43. The minimum Gasteiger partial charge on any atom is -0.487 e. The van der Waals surface area contributed by atoms with Gasteiger partial charge in [0.1, 0.15) is 24.0 Å². The Morgan fingerprint density at radius 1 is 1.03 bits per heavy atom. The molecule has 1 amide bonds. The zero-order valence-corrected chi connectivity index (χ0v) is 21.6. The second-order valence-electron chi connectivity index (χ2n) is 7.28. The molecule has 0 radical (unpaired) electrons. The molecule has 0 unspecified atom stereocenters. The number of methoxy groups -OCH3 is 1. The van der Waals surface area contributed by atoms with E-state index in [2.05, 4.69) is 41.9 Å². The number of carbonyl (C=O) groups is 2. The molecule has 3 aromatic carbocycles. The first-order valence-electron chi connectivity index (χ1n) is 10.1. The van der Waals surface area contributed by atoms with E-state index < -0.39 is 11.9 Å². The SMILES string of the molecule is COC(=O)c1ccc(NC(=O)/C(C#N)=C/c2cc(Br)c(OCc3ccc(C)cc3)c(Br)c2)cc1. The van der Waals surface area contributed by atoms with Gasteiger partial charge in [0, 0.05) is 5.69 Å². The molecule has 34 heavy (non-hydrogen) atoms. The number of rotatable bonds is 7. The van der Waals surface area contributed by atoms with Crippen LogP contribution in [-0.4, -0.2) is 19.0 Å². The van der Waals surface area contributed by atoms with Gasteiger partial charge in [-0.3, -0.25) is 4.79 Å². The predicted molar refractivity (Wildman–Crippen MR) is 137 cm³/mol. The van der Waals surface area contributed by atoms with Crippen LogP contribution in [0.2, 0.25) is 0 Å². The van der Waals surface area contributed by atoms with Gasteiger partial charge < -0.3 is 14.8 Å². The first-order chi connectivity index (χ1) is 16.3. The number of nitrogens with zero attached hydrogens (tertiary/aromatic N) is 1. The van der Waals surface area contributed by atoms with Crippen LogP contribution < -0.4 is 10.1 Å². The molecule has 0 saturated carbocycles. The van der Waals surface area contributed by atoms with Crippen molar-refractivity contribution >= 4 is 55.5 Å². The summed E-state index contributed by atoms with van der Waals surface area (Å²) in [4.78, 5) is 24.1. The maximum atomic E-state index is 12.6. The zero-order chi connectivity index (χ0) is 24.7. The van der Waals surface area contributed by atoms with Crippen LogP contribution in [-0.2, 0) is 16.1 Å². The van der Waals surface area contributed by atoms with Crippen LogP contribution in [0.25, 0.3) is 6.08 Å². The van der Waals surface area contributed by atoms with Crippen molar-refractivity contribution in [2.45, 2.75) is 13.5 Å². The second kappa shape index (κ2) is 11.6. The number of nitriles is 1. The van der Waals surface area contributed by atoms with Gasteiger partial charge in [-0.25, -0.2) is 4.79 Å². The molecular formula is C26H20Br2N2O4. The topological polar surface area (TPSA) is 88.4 Å². The Bertz CT molecular complexity index is 1250. The molecule has 0 aliphatic heterocycles. The lowest BCUT2D eigenvalue weighted by atomic mass is 10.1. The molecule has 0 aliphatic rings. The molecule has 1 N–H and O–H groups in total. The Morgan fingerprint density at radius 3 is 2.21 bits per heavy atom. The van der Waals surface area contributed by atoms with Crippen molar-refractivity contribution in [3.05, 3.63) is 97.4 Å². The molecule has 0 heterocycles. The molecule has 0 atom stereocenters. The first kappa shape index (κ1) is 25.2. The van der Waals surface area contributed by atoms with Crippen molar-refractivity contribution in [3.63, 3.8) is 0 Å². The van der Waals surface area contributed by atoms with Crippen molar-refractivity contribution in [1.29, 1.82) is 5.26 Å². The van der Waals surface area contributed by atoms with Gasteiger partial charge in [0.05, 0.1) is 21.6 Å². The zero-order valence-electron chi connectivity index (χ0n) is 18.4. The minimum absolute atomic E-state index is 0.0795. The number of esters is 1. The summed E-state index contributed by atoms with van der Waals surface area (Å²) in [6.45, 7) is 2.42. The highest BCUT2D eigenvalue weighted by molar-refractivity contribution is 9.11. The van der Waals surface area contributed by atoms with Gasteiger partial charge in [-0.1, -0.05) is 29.8 Å². The Balaban J connectivity index is 1.73. The van der Waals surface area contributed by atoms with Crippen LogP contribution >= 0.6 is 31.9 Å². The van der Waals surface area contributed by atoms with Gasteiger partial charge in [0.2, 0.25) is 0 Å². The van der Waals surface area contributed by atoms with Gasteiger partial charge in [0.25, 0.3) is 5.91 Å². The molecule has 172 valence electrons. The van der Waals surface area contributed by atoms with Gasteiger partial charge in [0.15, 0.2) is 0 Å². The third kappa shape index (κ3) is 6.56. The summed E-state index contributed by atoms with van der Waals surface area (Å²) in [5.41, 5.74) is 3.57. The first-order valence-corrected chi connectivity index (χ1v) is 11.7.